The lowest BCUT2D eigenvalue weighted by molar-refractivity contribution is -0.136. The molecule has 1 aromatic carbocycles. The Bertz CT molecular complexity index is 623. The Labute approximate surface area is 162 Å². The number of nitrogens with two attached hydrogens (primary N) is 1. The van der Waals surface area contributed by atoms with E-state index >= 15 is 0 Å². The normalized spacial score (nSPS) is 22.1. The number of fused-ring (bicyclic) bond motifs is 1. The maximum absolute atomic E-state index is 12.7. The highest BCUT2D eigenvalue weighted by Gasteiger charge is 2.30. The molecule has 26 heavy (non-hydrogen) atoms. The molecule has 3 rings (SSSR count). The van der Waals surface area contributed by atoms with Crippen molar-refractivity contribution >= 4 is 24.2 Å². The number of aryl methyl sites for hydroxylation is 1. The summed E-state index contributed by atoms with van der Waals surface area (Å²) in [6.45, 7) is 2.29. The van der Waals surface area contributed by atoms with E-state index in [2.05, 4.69) is 29.6 Å². The average molecular weight is 380 g/mol. The van der Waals surface area contributed by atoms with Gasteiger partial charge >= 0.3 is 0 Å². The number of halogens is 1. The molecule has 0 bridgehead atoms. The second-order valence-electron chi connectivity index (χ2n) is 7.34. The van der Waals surface area contributed by atoms with Crippen molar-refractivity contribution < 1.29 is 9.59 Å². The molecule has 144 valence electrons. The van der Waals surface area contributed by atoms with Crippen LogP contribution in [-0.2, 0) is 22.4 Å². The van der Waals surface area contributed by atoms with E-state index in [0.29, 0.717) is 32.0 Å². The zero-order valence-electron chi connectivity index (χ0n) is 15.3. The van der Waals surface area contributed by atoms with Crippen LogP contribution in [0.25, 0.3) is 0 Å². The minimum absolute atomic E-state index is 0. The van der Waals surface area contributed by atoms with Gasteiger partial charge in [0.25, 0.3) is 0 Å². The van der Waals surface area contributed by atoms with Crippen LogP contribution in [-0.4, -0.2) is 42.9 Å². The van der Waals surface area contributed by atoms with E-state index < -0.39 is 0 Å². The number of nitrogens with one attached hydrogen (secondary N) is 1. The molecule has 2 unspecified atom stereocenters. The van der Waals surface area contributed by atoms with Crippen LogP contribution >= 0.6 is 12.4 Å². The molecule has 3 N–H and O–H groups in total. The number of piperidine rings is 1. The molecule has 1 aromatic rings. The first kappa shape index (κ1) is 20.7. The maximum Gasteiger partial charge on any atom is 0.224 e. The Balaban J connectivity index is 0.00000243. The number of likely N-dealkylation sites (tertiary alicyclic amines) is 1. The van der Waals surface area contributed by atoms with Gasteiger partial charge in [-0.15, -0.1) is 12.4 Å². The summed E-state index contributed by atoms with van der Waals surface area (Å²) >= 11 is 0. The Morgan fingerprint density at radius 2 is 1.96 bits per heavy atom. The summed E-state index contributed by atoms with van der Waals surface area (Å²) in [5, 5.41) is 2.85. The van der Waals surface area contributed by atoms with Crippen molar-refractivity contribution in [1.29, 1.82) is 0 Å². The SMILES string of the molecule is Cl.NCCNC(=O)C1CCCN(C(=O)CC2CCc3ccccc3C2)C1. The molecule has 1 heterocycles. The Hall–Kier alpha value is -1.59. The van der Waals surface area contributed by atoms with Gasteiger partial charge in [-0.05, 0) is 49.1 Å². The zero-order valence-corrected chi connectivity index (χ0v) is 16.1. The molecule has 0 spiro atoms. The highest BCUT2D eigenvalue weighted by Crippen LogP contribution is 2.28. The summed E-state index contributed by atoms with van der Waals surface area (Å²) in [6, 6.07) is 8.55. The smallest absolute Gasteiger partial charge is 0.224 e. The summed E-state index contributed by atoms with van der Waals surface area (Å²) in [7, 11) is 0. The predicted molar refractivity (Wildman–Crippen MR) is 105 cm³/mol. The minimum Gasteiger partial charge on any atom is -0.355 e. The predicted octanol–water partition coefficient (Wildman–Crippen LogP) is 1.92. The summed E-state index contributed by atoms with van der Waals surface area (Å²) in [5.74, 6) is 0.584. The Morgan fingerprint density at radius 1 is 1.19 bits per heavy atom. The Morgan fingerprint density at radius 3 is 2.73 bits per heavy atom. The lowest BCUT2D eigenvalue weighted by Gasteiger charge is -2.33. The van der Waals surface area contributed by atoms with Crippen LogP contribution < -0.4 is 11.1 Å². The molecule has 0 aromatic heterocycles. The molecule has 0 saturated carbocycles. The molecule has 2 atom stereocenters. The molecule has 5 nitrogen and oxygen atoms in total. The summed E-state index contributed by atoms with van der Waals surface area (Å²) in [6.07, 6.45) is 5.51. The number of hydrogen-bond acceptors (Lipinski definition) is 3. The summed E-state index contributed by atoms with van der Waals surface area (Å²) in [5.41, 5.74) is 8.26. The van der Waals surface area contributed by atoms with Crippen LogP contribution in [0.15, 0.2) is 24.3 Å². The molecule has 0 radical (unpaired) electrons. The molecule has 2 aliphatic rings. The first-order valence-corrected chi connectivity index (χ1v) is 9.49. The van der Waals surface area contributed by atoms with Gasteiger partial charge in [0.05, 0.1) is 5.92 Å². The van der Waals surface area contributed by atoms with Crippen LogP contribution in [0.5, 0.6) is 0 Å². The van der Waals surface area contributed by atoms with Crippen molar-refractivity contribution in [3.8, 4) is 0 Å². The number of carbonyl (C=O) groups is 2. The maximum atomic E-state index is 12.7. The summed E-state index contributed by atoms with van der Waals surface area (Å²) in [4.78, 5) is 26.8. The van der Waals surface area contributed by atoms with Gasteiger partial charge in [-0.3, -0.25) is 9.59 Å². The molecule has 1 aliphatic carbocycles. The van der Waals surface area contributed by atoms with Crippen molar-refractivity contribution in [2.24, 2.45) is 17.6 Å². The molecule has 1 saturated heterocycles. The van der Waals surface area contributed by atoms with E-state index in [4.69, 9.17) is 5.73 Å². The number of nitrogens with zero attached hydrogens (tertiary/aromatic N) is 1. The molecule has 1 aliphatic heterocycles. The first-order valence-electron chi connectivity index (χ1n) is 9.49. The molecular weight excluding hydrogens is 350 g/mol. The third kappa shape index (κ3) is 5.21. The van der Waals surface area contributed by atoms with E-state index in [9.17, 15) is 9.59 Å². The monoisotopic (exact) mass is 379 g/mol. The van der Waals surface area contributed by atoms with Crippen molar-refractivity contribution in [3.63, 3.8) is 0 Å². The lowest BCUT2D eigenvalue weighted by atomic mass is 9.82. The molecule has 2 amide bonds. The molecule has 6 heteroatoms. The van der Waals surface area contributed by atoms with Crippen molar-refractivity contribution in [3.05, 3.63) is 35.4 Å². The van der Waals surface area contributed by atoms with Crippen molar-refractivity contribution in [1.82, 2.24) is 10.2 Å². The molecular formula is C20H30ClN3O2. The van der Waals surface area contributed by atoms with E-state index in [1.807, 2.05) is 4.90 Å². The van der Waals surface area contributed by atoms with Crippen molar-refractivity contribution in [2.45, 2.75) is 38.5 Å². The average Bonchev–Trinajstić information content (AvgIpc) is 2.66. The molecule has 1 fully saturated rings. The fourth-order valence-electron chi connectivity index (χ4n) is 4.08. The van der Waals surface area contributed by atoms with Gasteiger partial charge in [-0.25, -0.2) is 0 Å². The van der Waals surface area contributed by atoms with Crippen LogP contribution in [0.4, 0.5) is 0 Å². The standard InChI is InChI=1S/C20H29N3O2.ClH/c21-9-10-22-20(25)18-6-3-11-23(14-18)19(24)13-15-7-8-16-4-1-2-5-17(16)12-15;/h1-2,4-5,15,18H,3,6-14,21H2,(H,22,25);1H. The Kier molecular flexibility index (Phi) is 7.91. The van der Waals surface area contributed by atoms with Gasteiger partial charge in [-0.2, -0.15) is 0 Å². The van der Waals surface area contributed by atoms with Gasteiger partial charge in [-0.1, -0.05) is 24.3 Å². The number of rotatable bonds is 5. The zero-order chi connectivity index (χ0) is 17.6. The lowest BCUT2D eigenvalue weighted by Crippen LogP contribution is -2.46. The number of benzene rings is 1. The van der Waals surface area contributed by atoms with E-state index in [-0.39, 0.29) is 30.1 Å². The fraction of sp³-hybridized carbons (Fsp3) is 0.600. The second kappa shape index (κ2) is 9.93. The minimum atomic E-state index is -0.0867. The number of hydrogen-bond donors (Lipinski definition) is 2. The highest BCUT2D eigenvalue weighted by molar-refractivity contribution is 5.85. The number of amides is 2. The van der Waals surface area contributed by atoms with Crippen LogP contribution in [0.3, 0.4) is 0 Å². The largest absolute Gasteiger partial charge is 0.355 e. The van der Waals surface area contributed by atoms with Crippen LogP contribution in [0.1, 0.15) is 36.8 Å². The summed E-state index contributed by atoms with van der Waals surface area (Å²) < 4.78 is 0. The fourth-order valence-corrected chi connectivity index (χ4v) is 4.08. The second-order valence-corrected chi connectivity index (χ2v) is 7.34. The highest BCUT2D eigenvalue weighted by atomic mass is 35.5. The third-order valence-electron chi connectivity index (χ3n) is 5.50. The van der Waals surface area contributed by atoms with Gasteiger partial charge in [0.15, 0.2) is 0 Å². The van der Waals surface area contributed by atoms with Crippen LogP contribution in [0, 0.1) is 11.8 Å². The van der Waals surface area contributed by atoms with Crippen molar-refractivity contribution in [2.75, 3.05) is 26.2 Å². The van der Waals surface area contributed by atoms with Gasteiger partial charge in [0, 0.05) is 32.6 Å². The quantitative estimate of drug-likeness (QED) is 0.820. The van der Waals surface area contributed by atoms with E-state index in [0.717, 1.165) is 38.6 Å². The third-order valence-corrected chi connectivity index (χ3v) is 5.50. The van der Waals surface area contributed by atoms with Gasteiger partial charge < -0.3 is 16.0 Å². The van der Waals surface area contributed by atoms with E-state index in [1.165, 1.54) is 11.1 Å². The van der Waals surface area contributed by atoms with Crippen LogP contribution in [0.2, 0.25) is 0 Å². The first-order chi connectivity index (χ1) is 12.2. The van der Waals surface area contributed by atoms with E-state index in [1.54, 1.807) is 0 Å². The van der Waals surface area contributed by atoms with Gasteiger partial charge in [0.1, 0.15) is 0 Å². The number of carbonyl (C=O) groups excluding carboxylic acids is 2. The topological polar surface area (TPSA) is 75.4 Å². The van der Waals surface area contributed by atoms with Gasteiger partial charge in [0.2, 0.25) is 11.8 Å².